The molecule has 1 rings (SSSR count). The van der Waals surface area contributed by atoms with E-state index in [0.29, 0.717) is 5.75 Å². The van der Waals surface area contributed by atoms with Crippen LogP contribution in [-0.4, -0.2) is 5.11 Å². The number of hydrogen-bond acceptors (Lipinski definition) is 1. The second kappa shape index (κ2) is 3.06. The number of aryl methyl sites for hydroxylation is 1. The molecule has 0 aliphatic carbocycles. The lowest BCUT2D eigenvalue weighted by molar-refractivity contribution is 0.474. The molecule has 0 radical (unpaired) electrons. The highest BCUT2D eigenvalue weighted by molar-refractivity contribution is 9.10. The fraction of sp³-hybridized carbons (Fsp3) is 0.250. The van der Waals surface area contributed by atoms with Crippen LogP contribution in [0.15, 0.2) is 22.7 Å². The Morgan fingerprint density at radius 3 is 2.60 bits per heavy atom. The van der Waals surface area contributed by atoms with Crippen LogP contribution in [-0.2, 0) is 6.42 Å². The van der Waals surface area contributed by atoms with Gasteiger partial charge in [0.25, 0.3) is 0 Å². The summed E-state index contributed by atoms with van der Waals surface area (Å²) < 4.78 is 0.935. The summed E-state index contributed by atoms with van der Waals surface area (Å²) in [7, 11) is 0. The lowest BCUT2D eigenvalue weighted by atomic mass is 10.2. The third-order valence-corrected chi connectivity index (χ3v) is 1.81. The van der Waals surface area contributed by atoms with E-state index in [2.05, 4.69) is 22.9 Å². The summed E-state index contributed by atoms with van der Waals surface area (Å²) in [5.41, 5.74) is 1.15. The zero-order valence-electron chi connectivity index (χ0n) is 5.76. The zero-order valence-corrected chi connectivity index (χ0v) is 7.35. The number of benzene rings is 1. The molecule has 1 aromatic carbocycles. The number of phenolic OH excluding ortho intramolecular Hbond substituents is 1. The Morgan fingerprint density at radius 1 is 1.40 bits per heavy atom. The van der Waals surface area contributed by atoms with Gasteiger partial charge in [-0.25, -0.2) is 0 Å². The molecule has 1 nitrogen and oxygen atoms in total. The van der Waals surface area contributed by atoms with Crippen molar-refractivity contribution in [3.05, 3.63) is 28.2 Å². The molecule has 0 spiro atoms. The van der Waals surface area contributed by atoms with Gasteiger partial charge in [-0.15, -0.1) is 0 Å². The summed E-state index contributed by atoms with van der Waals surface area (Å²) in [6.07, 6.45) is 0.951. The predicted octanol–water partition coefficient (Wildman–Crippen LogP) is 2.72. The van der Waals surface area contributed by atoms with E-state index >= 15 is 0 Å². The summed E-state index contributed by atoms with van der Waals surface area (Å²) in [6.45, 7) is 2.06. The third-order valence-electron chi connectivity index (χ3n) is 1.35. The molecule has 54 valence electrons. The molecule has 1 aromatic rings. The fourth-order valence-corrected chi connectivity index (χ4v) is 1.37. The van der Waals surface area contributed by atoms with Crippen LogP contribution in [0, 0.1) is 0 Å². The SMILES string of the molecule is CCc1cc(O)cc(Br)c1. The highest BCUT2D eigenvalue weighted by Gasteiger charge is 1.94. The van der Waals surface area contributed by atoms with Crippen LogP contribution in [0.4, 0.5) is 0 Å². The molecule has 2 heteroatoms. The molecule has 10 heavy (non-hydrogen) atoms. The fourth-order valence-electron chi connectivity index (χ4n) is 0.837. The van der Waals surface area contributed by atoms with Crippen LogP contribution in [0.5, 0.6) is 5.75 Å². The van der Waals surface area contributed by atoms with Crippen molar-refractivity contribution in [3.8, 4) is 5.75 Å². The molecule has 0 heterocycles. The van der Waals surface area contributed by atoms with Gasteiger partial charge in [0.1, 0.15) is 5.75 Å². The Labute approximate surface area is 68.8 Å². The van der Waals surface area contributed by atoms with Gasteiger partial charge >= 0.3 is 0 Å². The average Bonchev–Trinajstić information content (AvgIpc) is 1.85. The Hall–Kier alpha value is -0.500. The maximum atomic E-state index is 9.10. The minimum absolute atomic E-state index is 0.325. The van der Waals surface area contributed by atoms with Gasteiger partial charge in [-0.1, -0.05) is 22.9 Å². The molecule has 0 aromatic heterocycles. The minimum atomic E-state index is 0.325. The van der Waals surface area contributed by atoms with Crippen molar-refractivity contribution in [1.82, 2.24) is 0 Å². The quantitative estimate of drug-likeness (QED) is 0.740. The number of rotatable bonds is 1. The van der Waals surface area contributed by atoms with Crippen molar-refractivity contribution in [1.29, 1.82) is 0 Å². The molecule has 0 aliphatic rings. The van der Waals surface area contributed by atoms with E-state index in [4.69, 9.17) is 5.11 Å². The smallest absolute Gasteiger partial charge is 0.116 e. The first-order chi connectivity index (χ1) is 4.72. The molecule has 0 saturated carbocycles. The van der Waals surface area contributed by atoms with Gasteiger partial charge in [0.15, 0.2) is 0 Å². The van der Waals surface area contributed by atoms with Crippen LogP contribution in [0.1, 0.15) is 12.5 Å². The molecule has 0 unspecified atom stereocenters. The molecule has 0 amide bonds. The molecule has 1 N–H and O–H groups in total. The Morgan fingerprint density at radius 2 is 2.10 bits per heavy atom. The van der Waals surface area contributed by atoms with E-state index in [0.717, 1.165) is 16.5 Å². The molecule has 0 aliphatic heterocycles. The second-order valence-corrected chi connectivity index (χ2v) is 3.09. The maximum Gasteiger partial charge on any atom is 0.116 e. The summed E-state index contributed by atoms with van der Waals surface area (Å²) >= 11 is 3.29. The van der Waals surface area contributed by atoms with Crippen LogP contribution in [0.3, 0.4) is 0 Å². The summed E-state index contributed by atoms with van der Waals surface area (Å²) in [6, 6.07) is 5.45. The minimum Gasteiger partial charge on any atom is -0.508 e. The van der Waals surface area contributed by atoms with Crippen molar-refractivity contribution in [2.75, 3.05) is 0 Å². The second-order valence-electron chi connectivity index (χ2n) is 2.17. The number of phenols is 1. The zero-order chi connectivity index (χ0) is 7.56. The summed E-state index contributed by atoms with van der Waals surface area (Å²) in [5, 5.41) is 9.10. The van der Waals surface area contributed by atoms with Crippen molar-refractivity contribution in [2.24, 2.45) is 0 Å². The first-order valence-corrected chi connectivity index (χ1v) is 4.00. The first kappa shape index (κ1) is 7.61. The van der Waals surface area contributed by atoms with Crippen LogP contribution >= 0.6 is 15.9 Å². The van der Waals surface area contributed by atoms with Crippen molar-refractivity contribution >= 4 is 15.9 Å². The van der Waals surface area contributed by atoms with Crippen molar-refractivity contribution in [3.63, 3.8) is 0 Å². The summed E-state index contributed by atoms with van der Waals surface area (Å²) in [5.74, 6) is 0.325. The van der Waals surface area contributed by atoms with E-state index in [-0.39, 0.29) is 0 Å². The number of halogens is 1. The normalized spacial score (nSPS) is 9.80. The van der Waals surface area contributed by atoms with Crippen molar-refractivity contribution in [2.45, 2.75) is 13.3 Å². The van der Waals surface area contributed by atoms with Gasteiger partial charge in [-0.3, -0.25) is 0 Å². The number of hydrogen-bond donors (Lipinski definition) is 1. The Balaban J connectivity index is 3.06. The van der Waals surface area contributed by atoms with Gasteiger partial charge in [0.05, 0.1) is 0 Å². The monoisotopic (exact) mass is 200 g/mol. The van der Waals surface area contributed by atoms with Crippen LogP contribution in [0.25, 0.3) is 0 Å². The van der Waals surface area contributed by atoms with E-state index < -0.39 is 0 Å². The highest BCUT2D eigenvalue weighted by Crippen LogP contribution is 2.20. The highest BCUT2D eigenvalue weighted by atomic mass is 79.9. The lowest BCUT2D eigenvalue weighted by Crippen LogP contribution is -1.78. The van der Waals surface area contributed by atoms with Gasteiger partial charge in [0, 0.05) is 4.47 Å². The third kappa shape index (κ3) is 1.74. The lowest BCUT2D eigenvalue weighted by Gasteiger charge is -1.98. The molecule has 0 fully saturated rings. The van der Waals surface area contributed by atoms with E-state index in [1.165, 1.54) is 0 Å². The average molecular weight is 201 g/mol. The molecular formula is C8H9BrO. The molecule has 0 atom stereocenters. The van der Waals surface area contributed by atoms with Gasteiger partial charge < -0.3 is 5.11 Å². The largest absolute Gasteiger partial charge is 0.508 e. The maximum absolute atomic E-state index is 9.10. The van der Waals surface area contributed by atoms with Gasteiger partial charge in [-0.2, -0.15) is 0 Å². The van der Waals surface area contributed by atoms with Gasteiger partial charge in [0.2, 0.25) is 0 Å². The Kier molecular flexibility index (Phi) is 2.33. The first-order valence-electron chi connectivity index (χ1n) is 3.21. The topological polar surface area (TPSA) is 20.2 Å². The van der Waals surface area contributed by atoms with E-state index in [1.807, 2.05) is 6.07 Å². The van der Waals surface area contributed by atoms with Crippen molar-refractivity contribution < 1.29 is 5.11 Å². The Bertz CT molecular complexity index is 212. The predicted molar refractivity (Wildman–Crippen MR) is 45.2 cm³/mol. The van der Waals surface area contributed by atoms with Crippen LogP contribution in [0.2, 0.25) is 0 Å². The standard InChI is InChI=1S/C8H9BrO/c1-2-6-3-7(9)5-8(10)4-6/h3-5,10H,2H2,1H3. The molecular weight excluding hydrogens is 192 g/mol. The summed E-state index contributed by atoms with van der Waals surface area (Å²) in [4.78, 5) is 0. The van der Waals surface area contributed by atoms with E-state index in [1.54, 1.807) is 12.1 Å². The molecule has 0 bridgehead atoms. The molecule has 0 saturated heterocycles. The van der Waals surface area contributed by atoms with Crippen LogP contribution < -0.4 is 0 Å². The van der Waals surface area contributed by atoms with Gasteiger partial charge in [-0.05, 0) is 30.2 Å². The van der Waals surface area contributed by atoms with E-state index in [9.17, 15) is 0 Å². The number of aromatic hydroxyl groups is 1.